The molecule has 0 aliphatic heterocycles. The fourth-order valence-electron chi connectivity index (χ4n) is 1.95. The van der Waals surface area contributed by atoms with Crippen LogP contribution in [0.3, 0.4) is 0 Å². The second kappa shape index (κ2) is 4.65. The summed E-state index contributed by atoms with van der Waals surface area (Å²) in [6, 6.07) is 6.69. The molecule has 2 unspecified atom stereocenters. The molecule has 3 nitrogen and oxygen atoms in total. The van der Waals surface area contributed by atoms with Crippen LogP contribution in [0.5, 0.6) is 0 Å². The van der Waals surface area contributed by atoms with Crippen LogP contribution in [0.25, 0.3) is 0 Å². The molecule has 1 aromatic rings. The molecule has 1 aliphatic rings. The summed E-state index contributed by atoms with van der Waals surface area (Å²) in [7, 11) is 0. The SMILES string of the molecule is CCC(=O)OC1CC(F)C(=O)c2ccccc21. The van der Waals surface area contributed by atoms with Gasteiger partial charge in [0.25, 0.3) is 0 Å². The Balaban J connectivity index is 2.33. The summed E-state index contributed by atoms with van der Waals surface area (Å²) in [6.07, 6.45) is -2.07. The average Bonchev–Trinajstić information content (AvgIpc) is 2.35. The minimum absolute atomic E-state index is 0.0818. The van der Waals surface area contributed by atoms with Crippen LogP contribution in [0.1, 0.15) is 41.8 Å². The van der Waals surface area contributed by atoms with E-state index in [2.05, 4.69) is 0 Å². The Morgan fingerprint density at radius 1 is 1.47 bits per heavy atom. The molecular formula is C13H13FO3. The maximum Gasteiger partial charge on any atom is 0.306 e. The highest BCUT2D eigenvalue weighted by Gasteiger charge is 2.35. The lowest BCUT2D eigenvalue weighted by atomic mass is 9.87. The van der Waals surface area contributed by atoms with Gasteiger partial charge in [0.05, 0.1) is 0 Å². The van der Waals surface area contributed by atoms with Crippen LogP contribution in [-0.4, -0.2) is 17.9 Å². The van der Waals surface area contributed by atoms with E-state index in [0.717, 1.165) is 0 Å². The van der Waals surface area contributed by atoms with E-state index in [1.807, 2.05) is 0 Å². The number of alkyl halides is 1. The monoisotopic (exact) mass is 236 g/mol. The van der Waals surface area contributed by atoms with Crippen molar-refractivity contribution in [1.29, 1.82) is 0 Å². The van der Waals surface area contributed by atoms with Crippen molar-refractivity contribution in [2.45, 2.75) is 32.0 Å². The summed E-state index contributed by atoms with van der Waals surface area (Å²) in [6.45, 7) is 1.68. The zero-order valence-electron chi connectivity index (χ0n) is 9.48. The standard InChI is InChI=1S/C13H13FO3/c1-2-12(15)17-11-7-10(14)13(16)9-6-4-3-5-8(9)11/h3-6,10-11H,2,7H2,1H3. The van der Waals surface area contributed by atoms with E-state index in [1.165, 1.54) is 0 Å². The van der Waals surface area contributed by atoms with Crippen molar-refractivity contribution in [3.63, 3.8) is 0 Å². The predicted octanol–water partition coefficient (Wildman–Crippen LogP) is 2.61. The molecule has 1 aliphatic carbocycles. The molecule has 2 rings (SSSR count). The minimum atomic E-state index is -1.58. The number of ketones is 1. The van der Waals surface area contributed by atoms with Gasteiger partial charge in [-0.15, -0.1) is 0 Å². The summed E-state index contributed by atoms with van der Waals surface area (Å²) in [4.78, 5) is 22.9. The zero-order chi connectivity index (χ0) is 12.4. The Bertz CT molecular complexity index is 456. The Labute approximate surface area is 98.6 Å². The molecule has 0 fully saturated rings. The molecule has 0 saturated carbocycles. The Morgan fingerprint density at radius 3 is 2.88 bits per heavy atom. The first-order valence-corrected chi connectivity index (χ1v) is 5.60. The van der Waals surface area contributed by atoms with Crippen LogP contribution < -0.4 is 0 Å². The van der Waals surface area contributed by atoms with Gasteiger partial charge in [-0.1, -0.05) is 31.2 Å². The molecule has 0 bridgehead atoms. The highest BCUT2D eigenvalue weighted by atomic mass is 19.1. The van der Waals surface area contributed by atoms with Crippen molar-refractivity contribution >= 4 is 11.8 Å². The molecule has 0 N–H and O–H groups in total. The number of benzene rings is 1. The largest absolute Gasteiger partial charge is 0.457 e. The Kier molecular flexibility index (Phi) is 3.22. The van der Waals surface area contributed by atoms with Crippen molar-refractivity contribution < 1.29 is 18.7 Å². The van der Waals surface area contributed by atoms with Crippen LogP contribution >= 0.6 is 0 Å². The van der Waals surface area contributed by atoms with E-state index < -0.39 is 18.1 Å². The molecule has 0 saturated heterocycles. The number of fused-ring (bicyclic) bond motifs is 1. The topological polar surface area (TPSA) is 43.4 Å². The third-order valence-corrected chi connectivity index (χ3v) is 2.84. The number of carbonyl (C=O) groups is 2. The minimum Gasteiger partial charge on any atom is -0.457 e. The van der Waals surface area contributed by atoms with Crippen LogP contribution in [-0.2, 0) is 9.53 Å². The normalized spacial score (nSPS) is 23.1. The second-order valence-corrected chi connectivity index (χ2v) is 3.99. The molecule has 2 atom stereocenters. The van der Waals surface area contributed by atoms with E-state index in [-0.39, 0.29) is 18.8 Å². The van der Waals surface area contributed by atoms with E-state index in [4.69, 9.17) is 4.74 Å². The molecule has 90 valence electrons. The number of hydrogen-bond donors (Lipinski definition) is 0. The number of carbonyl (C=O) groups excluding carboxylic acids is 2. The Hall–Kier alpha value is -1.71. The Morgan fingerprint density at radius 2 is 2.18 bits per heavy atom. The fourth-order valence-corrected chi connectivity index (χ4v) is 1.95. The van der Waals surface area contributed by atoms with Gasteiger partial charge in [0.2, 0.25) is 0 Å². The summed E-state index contributed by atoms with van der Waals surface area (Å²) >= 11 is 0. The first-order valence-electron chi connectivity index (χ1n) is 5.60. The van der Waals surface area contributed by atoms with Gasteiger partial charge in [-0.2, -0.15) is 0 Å². The molecule has 0 amide bonds. The summed E-state index contributed by atoms with van der Waals surface area (Å²) in [5.41, 5.74) is 0.924. The lowest BCUT2D eigenvalue weighted by Crippen LogP contribution is -2.29. The third-order valence-electron chi connectivity index (χ3n) is 2.84. The van der Waals surface area contributed by atoms with Crippen molar-refractivity contribution in [3.05, 3.63) is 35.4 Å². The van der Waals surface area contributed by atoms with Gasteiger partial charge in [0.1, 0.15) is 6.10 Å². The molecule has 0 heterocycles. The number of Topliss-reactive ketones (excluding diaryl/α,β-unsaturated/α-hetero) is 1. The van der Waals surface area contributed by atoms with Gasteiger partial charge in [-0.3, -0.25) is 9.59 Å². The molecular weight excluding hydrogens is 223 g/mol. The maximum absolute atomic E-state index is 13.5. The molecule has 4 heteroatoms. The van der Waals surface area contributed by atoms with Gasteiger partial charge >= 0.3 is 5.97 Å². The molecule has 1 aromatic carbocycles. The molecule has 17 heavy (non-hydrogen) atoms. The number of hydrogen-bond acceptors (Lipinski definition) is 3. The maximum atomic E-state index is 13.5. The fraction of sp³-hybridized carbons (Fsp3) is 0.385. The van der Waals surface area contributed by atoms with Gasteiger partial charge in [-0.05, 0) is 0 Å². The van der Waals surface area contributed by atoms with Crippen molar-refractivity contribution in [2.75, 3.05) is 0 Å². The number of ether oxygens (including phenoxy) is 1. The lowest BCUT2D eigenvalue weighted by Gasteiger charge is -2.26. The number of halogens is 1. The van der Waals surface area contributed by atoms with Crippen LogP contribution in [0.2, 0.25) is 0 Å². The quantitative estimate of drug-likeness (QED) is 0.741. The first kappa shape index (κ1) is 11.8. The van der Waals surface area contributed by atoms with E-state index in [9.17, 15) is 14.0 Å². The highest BCUT2D eigenvalue weighted by Crippen LogP contribution is 2.34. The van der Waals surface area contributed by atoms with Gasteiger partial charge in [-0.25, -0.2) is 4.39 Å². The van der Waals surface area contributed by atoms with E-state index in [1.54, 1.807) is 31.2 Å². The molecule has 0 radical (unpaired) electrons. The summed E-state index contributed by atoms with van der Waals surface area (Å²) < 4.78 is 18.7. The van der Waals surface area contributed by atoms with Crippen molar-refractivity contribution in [1.82, 2.24) is 0 Å². The first-order chi connectivity index (χ1) is 8.13. The predicted molar refractivity (Wildman–Crippen MR) is 59.4 cm³/mol. The smallest absolute Gasteiger partial charge is 0.306 e. The zero-order valence-corrected chi connectivity index (χ0v) is 9.48. The van der Waals surface area contributed by atoms with Gasteiger partial charge in [0.15, 0.2) is 12.0 Å². The second-order valence-electron chi connectivity index (χ2n) is 3.99. The number of rotatable bonds is 2. The van der Waals surface area contributed by atoms with Crippen LogP contribution in [0.4, 0.5) is 4.39 Å². The molecule has 0 spiro atoms. The lowest BCUT2D eigenvalue weighted by molar-refractivity contribution is -0.150. The van der Waals surface area contributed by atoms with Crippen LogP contribution in [0.15, 0.2) is 24.3 Å². The van der Waals surface area contributed by atoms with Gasteiger partial charge < -0.3 is 4.74 Å². The summed E-state index contributed by atoms with van der Waals surface area (Å²) in [5, 5.41) is 0. The van der Waals surface area contributed by atoms with E-state index in [0.29, 0.717) is 11.1 Å². The average molecular weight is 236 g/mol. The van der Waals surface area contributed by atoms with Gasteiger partial charge in [0, 0.05) is 24.0 Å². The van der Waals surface area contributed by atoms with E-state index >= 15 is 0 Å². The number of esters is 1. The van der Waals surface area contributed by atoms with Crippen molar-refractivity contribution in [3.8, 4) is 0 Å². The molecule has 0 aromatic heterocycles. The van der Waals surface area contributed by atoms with Crippen LogP contribution in [0, 0.1) is 0 Å². The third kappa shape index (κ3) is 2.20. The highest BCUT2D eigenvalue weighted by molar-refractivity contribution is 6.02. The van der Waals surface area contributed by atoms with Crippen molar-refractivity contribution in [2.24, 2.45) is 0 Å². The summed E-state index contributed by atoms with van der Waals surface area (Å²) in [5.74, 6) is -0.907.